The van der Waals surface area contributed by atoms with E-state index in [1.165, 1.54) is 32.2 Å². The second kappa shape index (κ2) is 7.61. The number of alkyl halides is 2. The minimum atomic E-state index is -4.74. The van der Waals surface area contributed by atoms with Crippen molar-refractivity contribution in [1.82, 2.24) is 0 Å². The van der Waals surface area contributed by atoms with Crippen LogP contribution in [0.1, 0.15) is 27.6 Å². The zero-order valence-electron chi connectivity index (χ0n) is 13.7. The van der Waals surface area contributed by atoms with Crippen molar-refractivity contribution in [2.24, 2.45) is 0 Å². The van der Waals surface area contributed by atoms with Crippen molar-refractivity contribution in [2.45, 2.75) is 17.6 Å². The van der Waals surface area contributed by atoms with Crippen LogP contribution >= 0.6 is 0 Å². The summed E-state index contributed by atoms with van der Waals surface area (Å²) in [6, 6.07) is 8.16. The van der Waals surface area contributed by atoms with Gasteiger partial charge < -0.3 is 9.47 Å². The maximum atomic E-state index is 12.5. The Kier molecular flexibility index (Phi) is 5.71. The van der Waals surface area contributed by atoms with Gasteiger partial charge in [-0.3, -0.25) is 4.79 Å². The first-order chi connectivity index (χ1) is 12.2. The molecule has 0 heterocycles. The Morgan fingerprint density at radius 2 is 1.54 bits per heavy atom. The molecule has 0 aliphatic carbocycles. The number of carbonyl (C=O) groups is 2. The Hall–Kier alpha value is -2.81. The third-order valence-corrected chi connectivity index (χ3v) is 4.82. The number of methoxy groups -OCH3 is 1. The number of halogens is 2. The quantitative estimate of drug-likeness (QED) is 0.432. The van der Waals surface area contributed by atoms with Crippen LogP contribution in [-0.2, 0) is 9.84 Å². The number of hydrogen-bond acceptors (Lipinski definition) is 6. The predicted octanol–water partition coefficient (Wildman–Crippen LogP) is 3.11. The highest BCUT2D eigenvalue weighted by molar-refractivity contribution is 7.91. The number of benzene rings is 2. The fraction of sp³-hybridized carbons (Fsp3) is 0.176. The number of esters is 1. The van der Waals surface area contributed by atoms with Gasteiger partial charge >= 0.3 is 11.7 Å². The van der Waals surface area contributed by atoms with Crippen LogP contribution in [0.3, 0.4) is 0 Å². The summed E-state index contributed by atoms with van der Waals surface area (Å²) in [4.78, 5) is 22.9. The fourth-order valence-corrected chi connectivity index (χ4v) is 2.73. The van der Waals surface area contributed by atoms with Gasteiger partial charge in [-0.25, -0.2) is 13.2 Å². The molecule has 0 aromatic heterocycles. The second-order valence-corrected chi connectivity index (χ2v) is 7.06. The molecule has 138 valence electrons. The number of rotatable bonds is 6. The van der Waals surface area contributed by atoms with Crippen molar-refractivity contribution in [1.29, 1.82) is 0 Å². The maximum Gasteiger partial charge on any atom is 0.343 e. The van der Waals surface area contributed by atoms with Crippen LogP contribution in [0, 0.1) is 0 Å². The van der Waals surface area contributed by atoms with Crippen molar-refractivity contribution in [2.75, 3.05) is 7.11 Å². The number of carbonyl (C=O) groups excluding carboxylic acids is 2. The summed E-state index contributed by atoms with van der Waals surface area (Å²) in [6.07, 6.45) is 0. The minimum Gasteiger partial charge on any atom is -0.493 e. The van der Waals surface area contributed by atoms with Crippen LogP contribution in [0.25, 0.3) is 0 Å². The molecule has 0 fully saturated rings. The molecular weight excluding hydrogens is 370 g/mol. The van der Waals surface area contributed by atoms with Gasteiger partial charge in [0.2, 0.25) is 9.84 Å². The van der Waals surface area contributed by atoms with Crippen LogP contribution in [0.4, 0.5) is 8.78 Å². The average molecular weight is 384 g/mol. The topological polar surface area (TPSA) is 86.7 Å². The van der Waals surface area contributed by atoms with Gasteiger partial charge in [0.05, 0.1) is 17.6 Å². The van der Waals surface area contributed by atoms with Crippen molar-refractivity contribution >= 4 is 21.6 Å². The van der Waals surface area contributed by atoms with Crippen molar-refractivity contribution < 1.29 is 36.3 Å². The van der Waals surface area contributed by atoms with Crippen molar-refractivity contribution in [3.8, 4) is 11.5 Å². The van der Waals surface area contributed by atoms with E-state index in [4.69, 9.17) is 9.47 Å². The number of ether oxygens (including phenoxy) is 2. The monoisotopic (exact) mass is 384 g/mol. The normalized spacial score (nSPS) is 11.3. The molecule has 2 aromatic rings. The molecular formula is C17H14F2O6S. The van der Waals surface area contributed by atoms with Crippen LogP contribution in [0.5, 0.6) is 11.5 Å². The first kappa shape index (κ1) is 19.5. The van der Waals surface area contributed by atoms with Gasteiger partial charge in [-0.2, -0.15) is 8.78 Å². The van der Waals surface area contributed by atoms with E-state index in [0.29, 0.717) is 5.56 Å². The summed E-state index contributed by atoms with van der Waals surface area (Å²) in [6.45, 7) is 1.37. The highest BCUT2D eigenvalue weighted by Gasteiger charge is 2.26. The molecule has 0 spiro atoms. The molecule has 2 rings (SSSR count). The summed E-state index contributed by atoms with van der Waals surface area (Å²) in [7, 11) is -3.41. The van der Waals surface area contributed by atoms with Crippen molar-refractivity contribution in [3.05, 3.63) is 53.6 Å². The van der Waals surface area contributed by atoms with E-state index in [2.05, 4.69) is 0 Å². The lowest BCUT2D eigenvalue weighted by Crippen LogP contribution is -2.13. The van der Waals surface area contributed by atoms with Crippen molar-refractivity contribution in [3.63, 3.8) is 0 Å². The molecule has 0 unspecified atom stereocenters. The zero-order chi connectivity index (χ0) is 19.5. The third kappa shape index (κ3) is 4.05. The molecule has 0 saturated heterocycles. The Bertz CT molecular complexity index is 936. The van der Waals surface area contributed by atoms with Crippen LogP contribution in [-0.4, -0.2) is 33.0 Å². The smallest absolute Gasteiger partial charge is 0.343 e. The molecule has 0 aliphatic rings. The largest absolute Gasteiger partial charge is 0.493 e. The highest BCUT2D eigenvalue weighted by Crippen LogP contribution is 2.29. The van der Waals surface area contributed by atoms with E-state index in [1.54, 1.807) is 0 Å². The molecule has 0 atom stereocenters. The summed E-state index contributed by atoms with van der Waals surface area (Å²) >= 11 is 0. The van der Waals surface area contributed by atoms with Gasteiger partial charge in [-0.15, -0.1) is 0 Å². The molecule has 2 aromatic carbocycles. The Balaban J connectivity index is 2.24. The Morgan fingerprint density at radius 1 is 0.962 bits per heavy atom. The van der Waals surface area contributed by atoms with Gasteiger partial charge in [-0.1, -0.05) is 0 Å². The van der Waals surface area contributed by atoms with Gasteiger partial charge in [0.15, 0.2) is 17.3 Å². The van der Waals surface area contributed by atoms with E-state index in [1.807, 2.05) is 0 Å². The molecule has 0 amide bonds. The van der Waals surface area contributed by atoms with E-state index >= 15 is 0 Å². The fourth-order valence-electron chi connectivity index (χ4n) is 2.01. The highest BCUT2D eigenvalue weighted by atomic mass is 32.2. The maximum absolute atomic E-state index is 12.5. The Morgan fingerprint density at radius 3 is 2.04 bits per heavy atom. The minimum absolute atomic E-state index is 0.0455. The SMILES string of the molecule is COc1cc(C(C)=O)ccc1OC(=O)c1ccc(S(=O)(=O)C(F)F)cc1. The summed E-state index contributed by atoms with van der Waals surface area (Å²) < 4.78 is 58.0. The first-order valence-electron chi connectivity index (χ1n) is 7.20. The van der Waals surface area contributed by atoms with Gasteiger partial charge in [0.25, 0.3) is 0 Å². The number of Topliss-reactive ketones (excluding diaryl/α,β-unsaturated/α-hetero) is 1. The van der Waals surface area contributed by atoms with Crippen LogP contribution in [0.15, 0.2) is 47.4 Å². The van der Waals surface area contributed by atoms with E-state index in [0.717, 1.165) is 24.3 Å². The van der Waals surface area contributed by atoms with Gasteiger partial charge in [0, 0.05) is 5.56 Å². The average Bonchev–Trinajstić information content (AvgIpc) is 2.61. The molecule has 0 bridgehead atoms. The lowest BCUT2D eigenvalue weighted by molar-refractivity contribution is 0.0729. The summed E-state index contributed by atoms with van der Waals surface area (Å²) in [5.74, 6) is -4.39. The lowest BCUT2D eigenvalue weighted by atomic mass is 10.1. The third-order valence-electron chi connectivity index (χ3n) is 3.43. The first-order valence-corrected chi connectivity index (χ1v) is 8.74. The van der Waals surface area contributed by atoms with E-state index in [-0.39, 0.29) is 22.8 Å². The lowest BCUT2D eigenvalue weighted by Gasteiger charge is -2.10. The molecule has 0 radical (unpaired) electrons. The molecule has 9 heteroatoms. The molecule has 6 nitrogen and oxygen atoms in total. The van der Waals surface area contributed by atoms with Gasteiger partial charge in [0.1, 0.15) is 0 Å². The zero-order valence-corrected chi connectivity index (χ0v) is 14.5. The summed E-state index contributed by atoms with van der Waals surface area (Å²) in [5.41, 5.74) is 0.319. The number of ketones is 1. The molecule has 26 heavy (non-hydrogen) atoms. The van der Waals surface area contributed by atoms with Gasteiger partial charge in [-0.05, 0) is 49.4 Å². The van der Waals surface area contributed by atoms with Crippen LogP contribution in [0.2, 0.25) is 0 Å². The van der Waals surface area contributed by atoms with E-state index < -0.39 is 26.5 Å². The number of sulfone groups is 1. The molecule has 0 saturated carbocycles. The van der Waals surface area contributed by atoms with E-state index in [9.17, 15) is 26.8 Å². The number of hydrogen-bond donors (Lipinski definition) is 0. The predicted molar refractivity (Wildman–Crippen MR) is 87.6 cm³/mol. The Labute approximate surface area is 148 Å². The summed E-state index contributed by atoms with van der Waals surface area (Å²) in [5, 5.41) is 0. The standard InChI is InChI=1S/C17H14F2O6S/c1-10(20)12-5-8-14(15(9-12)24-2)25-16(21)11-3-6-13(7-4-11)26(22,23)17(18)19/h3-9,17H,1-2H3. The second-order valence-electron chi connectivity index (χ2n) is 5.14. The molecule has 0 aliphatic heterocycles. The molecule has 0 N–H and O–H groups in total. The van der Waals surface area contributed by atoms with Crippen LogP contribution < -0.4 is 9.47 Å².